The maximum atomic E-state index is 13.2. The van der Waals surface area contributed by atoms with Crippen LogP contribution in [0.3, 0.4) is 0 Å². The van der Waals surface area contributed by atoms with E-state index in [1.807, 2.05) is 42.1 Å². The molecule has 1 aliphatic rings. The van der Waals surface area contributed by atoms with Crippen LogP contribution in [0.1, 0.15) is 5.56 Å². The quantitative estimate of drug-likeness (QED) is 0.642. The number of rotatable bonds is 1. The van der Waals surface area contributed by atoms with E-state index in [4.69, 9.17) is 4.98 Å². The minimum absolute atomic E-state index is 0.196. The SMILES string of the molecule is Fc1ccc(-c2c3c(nc4ccccc24)SCC3)cc1. The molecule has 2 heterocycles. The molecule has 0 saturated heterocycles. The van der Waals surface area contributed by atoms with Crippen LogP contribution >= 0.6 is 11.8 Å². The highest BCUT2D eigenvalue weighted by Crippen LogP contribution is 2.40. The van der Waals surface area contributed by atoms with Gasteiger partial charge in [0.25, 0.3) is 0 Å². The summed E-state index contributed by atoms with van der Waals surface area (Å²) >= 11 is 1.81. The highest BCUT2D eigenvalue weighted by atomic mass is 32.2. The Morgan fingerprint density at radius 2 is 1.80 bits per heavy atom. The van der Waals surface area contributed by atoms with E-state index >= 15 is 0 Å². The van der Waals surface area contributed by atoms with Crippen molar-refractivity contribution in [3.05, 3.63) is 59.9 Å². The van der Waals surface area contributed by atoms with Gasteiger partial charge >= 0.3 is 0 Å². The summed E-state index contributed by atoms with van der Waals surface area (Å²) in [4.78, 5) is 4.75. The van der Waals surface area contributed by atoms with E-state index in [1.54, 1.807) is 0 Å². The summed E-state index contributed by atoms with van der Waals surface area (Å²) in [5.41, 5.74) is 4.61. The summed E-state index contributed by atoms with van der Waals surface area (Å²) in [7, 11) is 0. The molecule has 0 unspecified atom stereocenters. The smallest absolute Gasteiger partial charge is 0.123 e. The van der Waals surface area contributed by atoms with Crippen molar-refractivity contribution in [1.29, 1.82) is 0 Å². The minimum Gasteiger partial charge on any atom is -0.241 e. The summed E-state index contributed by atoms with van der Waals surface area (Å²) in [5, 5.41) is 2.28. The van der Waals surface area contributed by atoms with E-state index in [0.717, 1.165) is 33.7 Å². The van der Waals surface area contributed by atoms with Crippen LogP contribution in [0.4, 0.5) is 4.39 Å². The van der Waals surface area contributed by atoms with Crippen LogP contribution in [-0.4, -0.2) is 10.7 Å². The van der Waals surface area contributed by atoms with Gasteiger partial charge in [0, 0.05) is 11.1 Å². The first kappa shape index (κ1) is 11.9. The Morgan fingerprint density at radius 1 is 1.00 bits per heavy atom. The zero-order valence-electron chi connectivity index (χ0n) is 10.8. The molecule has 0 aliphatic carbocycles. The molecule has 20 heavy (non-hydrogen) atoms. The Bertz CT molecular complexity index is 796. The minimum atomic E-state index is -0.196. The monoisotopic (exact) mass is 281 g/mol. The Balaban J connectivity index is 2.08. The van der Waals surface area contributed by atoms with Gasteiger partial charge in [-0.15, -0.1) is 11.8 Å². The van der Waals surface area contributed by atoms with E-state index in [1.165, 1.54) is 23.3 Å². The third-order valence-electron chi connectivity index (χ3n) is 3.68. The summed E-state index contributed by atoms with van der Waals surface area (Å²) < 4.78 is 13.2. The molecule has 0 saturated carbocycles. The molecule has 1 aromatic heterocycles. The fraction of sp³-hybridized carbons (Fsp3) is 0.118. The van der Waals surface area contributed by atoms with Crippen molar-refractivity contribution in [1.82, 2.24) is 4.98 Å². The Labute approximate surface area is 120 Å². The average Bonchev–Trinajstić information content (AvgIpc) is 2.93. The second-order valence-electron chi connectivity index (χ2n) is 4.89. The van der Waals surface area contributed by atoms with Gasteiger partial charge in [0.05, 0.1) is 5.52 Å². The molecule has 4 rings (SSSR count). The van der Waals surface area contributed by atoms with Gasteiger partial charge in [-0.3, -0.25) is 0 Å². The maximum Gasteiger partial charge on any atom is 0.123 e. The van der Waals surface area contributed by atoms with Crippen molar-refractivity contribution < 1.29 is 4.39 Å². The van der Waals surface area contributed by atoms with Crippen molar-refractivity contribution in [3.8, 4) is 11.1 Å². The Morgan fingerprint density at radius 3 is 2.65 bits per heavy atom. The molecule has 0 bridgehead atoms. The first-order chi connectivity index (χ1) is 9.83. The van der Waals surface area contributed by atoms with Crippen LogP contribution < -0.4 is 0 Å². The molecule has 3 heteroatoms. The van der Waals surface area contributed by atoms with Crippen LogP contribution in [-0.2, 0) is 6.42 Å². The average molecular weight is 281 g/mol. The van der Waals surface area contributed by atoms with Crippen LogP contribution in [0.5, 0.6) is 0 Å². The Kier molecular flexibility index (Phi) is 2.74. The zero-order valence-corrected chi connectivity index (χ0v) is 11.6. The van der Waals surface area contributed by atoms with Crippen molar-refractivity contribution in [3.63, 3.8) is 0 Å². The lowest BCUT2D eigenvalue weighted by Crippen LogP contribution is -1.93. The summed E-state index contributed by atoms with van der Waals surface area (Å²) in [6.07, 6.45) is 1.03. The van der Waals surface area contributed by atoms with Crippen molar-refractivity contribution in [2.24, 2.45) is 0 Å². The lowest BCUT2D eigenvalue weighted by Gasteiger charge is -2.12. The number of aromatic nitrogens is 1. The third-order valence-corrected chi connectivity index (χ3v) is 4.70. The fourth-order valence-electron chi connectivity index (χ4n) is 2.78. The number of hydrogen-bond acceptors (Lipinski definition) is 2. The number of fused-ring (bicyclic) bond motifs is 2. The Hall–Kier alpha value is -1.87. The standard InChI is InChI=1S/C17H12FNS/c18-12-7-5-11(6-8-12)16-13-3-1-2-4-15(13)19-17-14(16)9-10-20-17/h1-8H,9-10H2. The molecule has 0 atom stereocenters. The predicted octanol–water partition coefficient (Wildman–Crippen LogP) is 4.69. The van der Waals surface area contributed by atoms with Crippen molar-refractivity contribution >= 4 is 22.7 Å². The van der Waals surface area contributed by atoms with Gasteiger partial charge in [-0.1, -0.05) is 30.3 Å². The molecule has 0 fully saturated rings. The van der Waals surface area contributed by atoms with E-state index < -0.39 is 0 Å². The molecule has 1 nitrogen and oxygen atoms in total. The lowest BCUT2D eigenvalue weighted by molar-refractivity contribution is 0.628. The molecule has 0 N–H and O–H groups in total. The first-order valence-electron chi connectivity index (χ1n) is 6.63. The van der Waals surface area contributed by atoms with E-state index in [-0.39, 0.29) is 5.82 Å². The van der Waals surface area contributed by atoms with Crippen LogP contribution in [0.2, 0.25) is 0 Å². The van der Waals surface area contributed by atoms with Gasteiger partial charge in [0.2, 0.25) is 0 Å². The second kappa shape index (κ2) is 4.60. The summed E-state index contributed by atoms with van der Waals surface area (Å²) in [5.74, 6) is 0.880. The number of benzene rings is 2. The highest BCUT2D eigenvalue weighted by molar-refractivity contribution is 7.99. The largest absolute Gasteiger partial charge is 0.241 e. The predicted molar refractivity (Wildman–Crippen MR) is 81.6 cm³/mol. The van der Waals surface area contributed by atoms with Gasteiger partial charge in [0.15, 0.2) is 0 Å². The van der Waals surface area contributed by atoms with Crippen molar-refractivity contribution in [2.45, 2.75) is 11.4 Å². The van der Waals surface area contributed by atoms with Gasteiger partial charge in [-0.2, -0.15) is 0 Å². The molecule has 2 aromatic carbocycles. The lowest BCUT2D eigenvalue weighted by atomic mass is 9.95. The number of nitrogens with zero attached hydrogens (tertiary/aromatic N) is 1. The molecular formula is C17H12FNS. The normalized spacial score (nSPS) is 13.7. The van der Waals surface area contributed by atoms with Gasteiger partial charge < -0.3 is 0 Å². The number of pyridine rings is 1. The van der Waals surface area contributed by atoms with E-state index in [2.05, 4.69) is 6.07 Å². The maximum absolute atomic E-state index is 13.2. The van der Waals surface area contributed by atoms with Crippen LogP contribution in [0, 0.1) is 5.82 Å². The van der Waals surface area contributed by atoms with E-state index in [9.17, 15) is 4.39 Å². The molecule has 3 aromatic rings. The number of hydrogen-bond donors (Lipinski definition) is 0. The van der Waals surface area contributed by atoms with E-state index in [0.29, 0.717) is 0 Å². The van der Waals surface area contributed by atoms with Gasteiger partial charge in [-0.25, -0.2) is 9.37 Å². The number of thioether (sulfide) groups is 1. The van der Waals surface area contributed by atoms with Crippen molar-refractivity contribution in [2.75, 3.05) is 5.75 Å². The summed E-state index contributed by atoms with van der Waals surface area (Å²) in [6, 6.07) is 15.0. The van der Waals surface area contributed by atoms with Gasteiger partial charge in [-0.05, 0) is 41.3 Å². The molecule has 0 spiro atoms. The third kappa shape index (κ3) is 1.81. The second-order valence-corrected chi connectivity index (χ2v) is 5.98. The summed E-state index contributed by atoms with van der Waals surface area (Å²) in [6.45, 7) is 0. The topological polar surface area (TPSA) is 12.9 Å². The first-order valence-corrected chi connectivity index (χ1v) is 7.62. The van der Waals surface area contributed by atoms with Gasteiger partial charge in [0.1, 0.15) is 10.8 Å². The fourth-order valence-corrected chi connectivity index (χ4v) is 3.82. The molecule has 0 radical (unpaired) electrons. The number of halogens is 1. The highest BCUT2D eigenvalue weighted by Gasteiger charge is 2.20. The molecule has 98 valence electrons. The molecule has 1 aliphatic heterocycles. The number of para-hydroxylation sites is 1. The zero-order chi connectivity index (χ0) is 13.5. The molecule has 0 amide bonds. The van der Waals surface area contributed by atoms with Crippen LogP contribution in [0.15, 0.2) is 53.6 Å². The van der Waals surface area contributed by atoms with Crippen LogP contribution in [0.25, 0.3) is 22.0 Å². The molecular weight excluding hydrogens is 269 g/mol.